The minimum Gasteiger partial charge on any atom is -0.481 e. The van der Waals surface area contributed by atoms with Crippen molar-refractivity contribution >= 4 is 17.6 Å². The number of alkyl halides is 1. The third-order valence-electron chi connectivity index (χ3n) is 0.595. The number of aliphatic carboxylic acids is 1. The molecular weight excluding hydrogens is 154 g/mol. The number of carboxylic acid groups (broad SMARTS) is 1. The molecule has 0 saturated carbocycles. The predicted octanol–water partition coefficient (Wildman–Crippen LogP) is 1.05. The number of hydrogen-bond donors (Lipinski definition) is 2. The summed E-state index contributed by atoms with van der Waals surface area (Å²) in [4.78, 5) is 9.70. The summed E-state index contributed by atoms with van der Waals surface area (Å²) in [5.41, 5.74) is 5.01. The van der Waals surface area contributed by atoms with Crippen LogP contribution in [0.15, 0.2) is 0 Å². The molecule has 0 aliphatic heterocycles. The van der Waals surface area contributed by atoms with Crippen LogP contribution in [0.25, 0.3) is 0 Å². The van der Waals surface area contributed by atoms with Crippen molar-refractivity contribution in [1.82, 2.24) is 0 Å². The molecule has 3 N–H and O–H groups in total. The van der Waals surface area contributed by atoms with Gasteiger partial charge in [0.2, 0.25) is 0 Å². The standard InChI is InChI=1S/C4H9NO2.C2H5Cl/c5-3-1-2-4(6)7;1-2-3/h1-3,5H2,(H,6,7);2H2,1H3. The lowest BCUT2D eigenvalue weighted by atomic mass is 10.3. The molecule has 0 aliphatic carbocycles. The maximum Gasteiger partial charge on any atom is 0.303 e. The zero-order valence-electron chi connectivity index (χ0n) is 6.14. The molecule has 0 aromatic carbocycles. The second-order valence-corrected chi connectivity index (χ2v) is 2.09. The Bertz CT molecular complexity index is 78.1. The van der Waals surface area contributed by atoms with Crippen LogP contribution in [-0.4, -0.2) is 23.5 Å². The van der Waals surface area contributed by atoms with E-state index >= 15 is 0 Å². The summed E-state index contributed by atoms with van der Waals surface area (Å²) in [6.07, 6.45) is 0.770. The van der Waals surface area contributed by atoms with Gasteiger partial charge in [0.25, 0.3) is 0 Å². The number of carboxylic acids is 1. The van der Waals surface area contributed by atoms with E-state index in [1.165, 1.54) is 0 Å². The van der Waals surface area contributed by atoms with Crippen LogP contribution < -0.4 is 5.73 Å². The lowest BCUT2D eigenvalue weighted by Crippen LogP contribution is -2.02. The number of nitrogens with two attached hydrogens (primary N) is 1. The fraction of sp³-hybridized carbons (Fsp3) is 0.833. The van der Waals surface area contributed by atoms with Crippen molar-refractivity contribution in [3.8, 4) is 0 Å². The molecule has 3 nitrogen and oxygen atoms in total. The number of rotatable bonds is 3. The first-order valence-corrected chi connectivity index (χ1v) is 3.70. The molecule has 0 aromatic heterocycles. The second-order valence-electron chi connectivity index (χ2n) is 1.55. The molecule has 0 radical (unpaired) electrons. The Balaban J connectivity index is 0. The van der Waals surface area contributed by atoms with Gasteiger partial charge in [0.1, 0.15) is 0 Å². The third kappa shape index (κ3) is 25.2. The highest BCUT2D eigenvalue weighted by molar-refractivity contribution is 6.17. The van der Waals surface area contributed by atoms with Crippen molar-refractivity contribution in [2.75, 3.05) is 12.4 Å². The first-order chi connectivity index (χ1) is 4.68. The smallest absolute Gasteiger partial charge is 0.303 e. The molecular formula is C6H14ClNO2. The zero-order chi connectivity index (χ0) is 8.41. The number of halogens is 1. The Labute approximate surface area is 66.2 Å². The topological polar surface area (TPSA) is 63.3 Å². The first-order valence-electron chi connectivity index (χ1n) is 3.16. The molecule has 0 aliphatic rings. The van der Waals surface area contributed by atoms with E-state index in [2.05, 4.69) is 0 Å². The van der Waals surface area contributed by atoms with E-state index in [0.29, 0.717) is 13.0 Å². The van der Waals surface area contributed by atoms with Crippen LogP contribution in [0.5, 0.6) is 0 Å². The van der Waals surface area contributed by atoms with Crippen molar-refractivity contribution in [2.24, 2.45) is 5.73 Å². The van der Waals surface area contributed by atoms with Crippen molar-refractivity contribution in [2.45, 2.75) is 19.8 Å². The lowest BCUT2D eigenvalue weighted by molar-refractivity contribution is -0.137. The summed E-state index contributed by atoms with van der Waals surface area (Å²) in [7, 11) is 0. The van der Waals surface area contributed by atoms with Gasteiger partial charge in [-0.2, -0.15) is 0 Å². The van der Waals surface area contributed by atoms with Crippen LogP contribution in [0, 0.1) is 0 Å². The van der Waals surface area contributed by atoms with E-state index in [9.17, 15) is 4.79 Å². The zero-order valence-corrected chi connectivity index (χ0v) is 6.90. The largest absolute Gasteiger partial charge is 0.481 e. The Hall–Kier alpha value is -0.280. The molecule has 0 aromatic rings. The van der Waals surface area contributed by atoms with Gasteiger partial charge in [0.15, 0.2) is 0 Å². The monoisotopic (exact) mass is 167 g/mol. The summed E-state index contributed by atoms with van der Waals surface area (Å²) in [5, 5.41) is 7.99. The Morgan fingerprint density at radius 1 is 1.70 bits per heavy atom. The fourth-order valence-corrected chi connectivity index (χ4v) is 0.253. The van der Waals surface area contributed by atoms with E-state index in [0.717, 1.165) is 5.88 Å². The van der Waals surface area contributed by atoms with Gasteiger partial charge in [-0.05, 0) is 13.0 Å². The summed E-state index contributed by atoms with van der Waals surface area (Å²) in [5.74, 6) is -0.0505. The average molecular weight is 168 g/mol. The summed E-state index contributed by atoms with van der Waals surface area (Å²) in [6.45, 7) is 2.36. The normalized spacial score (nSPS) is 7.90. The second kappa shape index (κ2) is 11.5. The minimum absolute atomic E-state index is 0.191. The van der Waals surface area contributed by atoms with E-state index in [1.54, 1.807) is 0 Å². The molecule has 0 amide bonds. The van der Waals surface area contributed by atoms with Crippen molar-refractivity contribution < 1.29 is 9.90 Å². The van der Waals surface area contributed by atoms with Gasteiger partial charge < -0.3 is 10.8 Å². The molecule has 10 heavy (non-hydrogen) atoms. The van der Waals surface area contributed by atoms with Crippen LogP contribution >= 0.6 is 11.6 Å². The van der Waals surface area contributed by atoms with Crippen LogP contribution in [0.2, 0.25) is 0 Å². The van der Waals surface area contributed by atoms with E-state index in [1.807, 2.05) is 6.92 Å². The molecule has 0 fully saturated rings. The van der Waals surface area contributed by atoms with Crippen LogP contribution in [0.1, 0.15) is 19.8 Å². The Morgan fingerprint density at radius 2 is 2.10 bits per heavy atom. The number of hydrogen-bond acceptors (Lipinski definition) is 2. The maximum absolute atomic E-state index is 9.70. The average Bonchev–Trinajstić information content (AvgIpc) is 1.85. The van der Waals surface area contributed by atoms with Crippen LogP contribution in [-0.2, 0) is 4.79 Å². The quantitative estimate of drug-likeness (QED) is 0.618. The molecule has 0 unspecified atom stereocenters. The molecule has 0 rings (SSSR count). The van der Waals surface area contributed by atoms with Crippen molar-refractivity contribution in [3.63, 3.8) is 0 Å². The Kier molecular flexibility index (Phi) is 14.3. The van der Waals surface area contributed by atoms with E-state index in [4.69, 9.17) is 22.4 Å². The van der Waals surface area contributed by atoms with Gasteiger partial charge in [-0.15, -0.1) is 11.6 Å². The fourth-order valence-electron chi connectivity index (χ4n) is 0.253. The van der Waals surface area contributed by atoms with E-state index < -0.39 is 5.97 Å². The molecule has 0 saturated heterocycles. The first kappa shape index (κ1) is 12.4. The Morgan fingerprint density at radius 3 is 2.20 bits per heavy atom. The summed E-state index contributed by atoms with van der Waals surface area (Å²) >= 11 is 5.00. The molecule has 0 bridgehead atoms. The molecule has 62 valence electrons. The minimum atomic E-state index is -0.773. The van der Waals surface area contributed by atoms with Gasteiger partial charge in [-0.25, -0.2) is 0 Å². The highest BCUT2D eigenvalue weighted by Crippen LogP contribution is 1.82. The molecule has 4 heteroatoms. The van der Waals surface area contributed by atoms with E-state index in [-0.39, 0.29) is 6.42 Å². The maximum atomic E-state index is 9.70. The summed E-state index contributed by atoms with van der Waals surface area (Å²) < 4.78 is 0. The van der Waals surface area contributed by atoms with Gasteiger partial charge in [0.05, 0.1) is 0 Å². The summed E-state index contributed by atoms with van der Waals surface area (Å²) in [6, 6.07) is 0. The van der Waals surface area contributed by atoms with Gasteiger partial charge in [-0.1, -0.05) is 6.92 Å². The van der Waals surface area contributed by atoms with Gasteiger partial charge in [0, 0.05) is 12.3 Å². The molecule has 0 heterocycles. The highest BCUT2D eigenvalue weighted by atomic mass is 35.5. The van der Waals surface area contributed by atoms with Crippen LogP contribution in [0.4, 0.5) is 0 Å². The predicted molar refractivity (Wildman–Crippen MR) is 42.3 cm³/mol. The number of carbonyl (C=O) groups is 1. The third-order valence-corrected chi connectivity index (χ3v) is 0.595. The molecule has 0 atom stereocenters. The highest BCUT2D eigenvalue weighted by Gasteiger charge is 1.91. The SMILES string of the molecule is CCCl.NCCCC(=O)O. The van der Waals surface area contributed by atoms with Gasteiger partial charge in [-0.3, -0.25) is 4.79 Å². The van der Waals surface area contributed by atoms with Crippen molar-refractivity contribution in [3.05, 3.63) is 0 Å². The van der Waals surface area contributed by atoms with Crippen LogP contribution in [0.3, 0.4) is 0 Å². The van der Waals surface area contributed by atoms with Gasteiger partial charge >= 0.3 is 5.97 Å². The molecule has 0 spiro atoms. The lowest BCUT2D eigenvalue weighted by Gasteiger charge is -1.86. The van der Waals surface area contributed by atoms with Crippen molar-refractivity contribution in [1.29, 1.82) is 0 Å².